The van der Waals surface area contributed by atoms with Crippen LogP contribution in [0.2, 0.25) is 0 Å². The highest BCUT2D eigenvalue weighted by Gasteiger charge is 2.17. The van der Waals surface area contributed by atoms with E-state index in [-0.39, 0.29) is 5.91 Å². The monoisotopic (exact) mass is 185 g/mol. The van der Waals surface area contributed by atoms with E-state index in [1.54, 1.807) is 6.92 Å². The summed E-state index contributed by atoms with van der Waals surface area (Å²) in [5, 5.41) is 2.18. The van der Waals surface area contributed by atoms with Gasteiger partial charge in [0.05, 0.1) is 0 Å². The van der Waals surface area contributed by atoms with E-state index in [9.17, 15) is 4.79 Å². The predicted octanol–water partition coefficient (Wildman–Crippen LogP) is 0.0635. The van der Waals surface area contributed by atoms with Crippen molar-refractivity contribution in [1.82, 2.24) is 15.3 Å². The maximum Gasteiger partial charge on any atom is 0.219 e. The van der Waals surface area contributed by atoms with Gasteiger partial charge in [0.2, 0.25) is 5.91 Å². The maximum atomic E-state index is 11.1. The fourth-order valence-electron chi connectivity index (χ4n) is 1.50. The van der Waals surface area contributed by atoms with Crippen LogP contribution in [0.15, 0.2) is 0 Å². The molecule has 1 saturated heterocycles. The molecule has 0 unspecified atom stereocenters. The van der Waals surface area contributed by atoms with Crippen molar-refractivity contribution in [1.29, 1.82) is 0 Å². The fourth-order valence-corrected chi connectivity index (χ4v) is 1.50. The zero-order valence-corrected chi connectivity index (χ0v) is 8.71. The molecule has 0 atom stereocenters. The van der Waals surface area contributed by atoms with E-state index in [1.807, 2.05) is 4.90 Å². The molecule has 1 aliphatic rings. The number of hydrazine groups is 1. The molecular weight excluding hydrogens is 166 g/mol. The molecule has 0 aliphatic carbocycles. The number of carbonyl (C=O) groups is 1. The van der Waals surface area contributed by atoms with Crippen molar-refractivity contribution < 1.29 is 4.79 Å². The first-order chi connectivity index (χ1) is 6.11. The molecule has 0 bridgehead atoms. The minimum atomic E-state index is 0.174. The Morgan fingerprint density at radius 3 is 2.54 bits per heavy atom. The van der Waals surface area contributed by atoms with Crippen molar-refractivity contribution in [3.63, 3.8) is 0 Å². The lowest BCUT2D eigenvalue weighted by atomic mass is 10.3. The molecule has 76 valence electrons. The first kappa shape index (κ1) is 10.5. The van der Waals surface area contributed by atoms with Gasteiger partial charge in [0, 0.05) is 39.1 Å². The Kier molecular flexibility index (Phi) is 3.69. The van der Waals surface area contributed by atoms with Crippen LogP contribution in [0, 0.1) is 0 Å². The second-order valence-electron chi connectivity index (χ2n) is 3.70. The van der Waals surface area contributed by atoms with Gasteiger partial charge in [0.25, 0.3) is 0 Å². The molecule has 1 aliphatic heterocycles. The second-order valence-corrected chi connectivity index (χ2v) is 3.70. The van der Waals surface area contributed by atoms with Crippen LogP contribution in [0.1, 0.15) is 20.8 Å². The van der Waals surface area contributed by atoms with Gasteiger partial charge in [-0.3, -0.25) is 10.2 Å². The zero-order chi connectivity index (χ0) is 9.84. The number of rotatable bonds is 1. The second kappa shape index (κ2) is 4.58. The van der Waals surface area contributed by atoms with E-state index in [4.69, 9.17) is 0 Å². The number of amides is 1. The first-order valence-corrected chi connectivity index (χ1v) is 4.87. The Bertz CT molecular complexity index is 182. The van der Waals surface area contributed by atoms with Crippen molar-refractivity contribution in [2.75, 3.05) is 26.2 Å². The lowest BCUT2D eigenvalue weighted by Gasteiger charge is -2.24. The summed E-state index contributed by atoms with van der Waals surface area (Å²) in [5.74, 6) is 0.174. The highest BCUT2D eigenvalue weighted by Crippen LogP contribution is 1.99. The van der Waals surface area contributed by atoms with Crippen LogP contribution in [0.5, 0.6) is 0 Å². The number of nitrogens with zero attached hydrogens (tertiary/aromatic N) is 2. The van der Waals surface area contributed by atoms with Crippen molar-refractivity contribution in [3.8, 4) is 0 Å². The van der Waals surface area contributed by atoms with Crippen LogP contribution < -0.4 is 5.43 Å². The smallest absolute Gasteiger partial charge is 0.219 e. The van der Waals surface area contributed by atoms with Gasteiger partial charge in [-0.1, -0.05) is 0 Å². The third-order valence-corrected chi connectivity index (χ3v) is 2.38. The van der Waals surface area contributed by atoms with Crippen LogP contribution in [0.25, 0.3) is 0 Å². The molecular formula is C9H19N3O. The average molecular weight is 185 g/mol. The predicted molar refractivity (Wildman–Crippen MR) is 52.1 cm³/mol. The molecule has 0 saturated carbocycles. The van der Waals surface area contributed by atoms with Crippen molar-refractivity contribution in [2.45, 2.75) is 26.8 Å². The van der Waals surface area contributed by atoms with Gasteiger partial charge in [-0.2, -0.15) is 0 Å². The van der Waals surface area contributed by atoms with Gasteiger partial charge in [-0.05, 0) is 13.8 Å². The van der Waals surface area contributed by atoms with Crippen LogP contribution in [0.3, 0.4) is 0 Å². The normalized spacial score (nSPS) is 20.5. The van der Waals surface area contributed by atoms with E-state index in [2.05, 4.69) is 24.3 Å². The minimum absolute atomic E-state index is 0.174. The van der Waals surface area contributed by atoms with E-state index >= 15 is 0 Å². The topological polar surface area (TPSA) is 35.6 Å². The van der Waals surface area contributed by atoms with E-state index < -0.39 is 0 Å². The average Bonchev–Trinajstić information content (AvgIpc) is 2.27. The summed E-state index contributed by atoms with van der Waals surface area (Å²) in [5.41, 5.74) is 3.31. The molecule has 0 spiro atoms. The summed E-state index contributed by atoms with van der Waals surface area (Å²) < 4.78 is 0. The first-order valence-electron chi connectivity index (χ1n) is 4.87. The van der Waals surface area contributed by atoms with Gasteiger partial charge >= 0.3 is 0 Å². The van der Waals surface area contributed by atoms with Crippen LogP contribution in [-0.4, -0.2) is 48.0 Å². The summed E-state index contributed by atoms with van der Waals surface area (Å²) in [6.45, 7) is 9.35. The van der Waals surface area contributed by atoms with E-state index in [0.717, 1.165) is 26.2 Å². The Balaban J connectivity index is 2.44. The van der Waals surface area contributed by atoms with E-state index in [1.165, 1.54) is 0 Å². The Hall–Kier alpha value is -0.610. The highest BCUT2D eigenvalue weighted by molar-refractivity contribution is 5.73. The molecule has 0 aromatic heterocycles. The summed E-state index contributed by atoms with van der Waals surface area (Å²) in [6.07, 6.45) is 0. The largest absolute Gasteiger partial charge is 0.340 e. The standard InChI is InChI=1S/C9H19N3O/c1-8(2)12-7-6-11(9(3)13)5-4-10-12/h8,10H,4-7H2,1-3H3. The van der Waals surface area contributed by atoms with Gasteiger partial charge in [-0.25, -0.2) is 5.01 Å². The Labute approximate surface area is 79.9 Å². The molecule has 1 N–H and O–H groups in total. The number of carbonyl (C=O) groups excluding carboxylic acids is 1. The van der Waals surface area contributed by atoms with Crippen LogP contribution in [0.4, 0.5) is 0 Å². The van der Waals surface area contributed by atoms with Crippen LogP contribution >= 0.6 is 0 Å². The molecule has 4 heteroatoms. The molecule has 1 heterocycles. The fraction of sp³-hybridized carbons (Fsp3) is 0.889. The molecule has 13 heavy (non-hydrogen) atoms. The lowest BCUT2D eigenvalue weighted by Crippen LogP contribution is -2.43. The third kappa shape index (κ3) is 2.97. The summed E-state index contributed by atoms with van der Waals surface area (Å²) in [4.78, 5) is 13.0. The van der Waals surface area contributed by atoms with Gasteiger partial charge in [0.15, 0.2) is 0 Å². The molecule has 4 nitrogen and oxygen atoms in total. The Morgan fingerprint density at radius 2 is 2.00 bits per heavy atom. The highest BCUT2D eigenvalue weighted by atomic mass is 16.2. The van der Waals surface area contributed by atoms with Crippen molar-refractivity contribution >= 4 is 5.91 Å². The molecule has 1 rings (SSSR count). The number of nitrogens with one attached hydrogen (secondary N) is 1. The van der Waals surface area contributed by atoms with E-state index in [0.29, 0.717) is 6.04 Å². The molecule has 1 amide bonds. The third-order valence-electron chi connectivity index (χ3n) is 2.38. The van der Waals surface area contributed by atoms with Crippen molar-refractivity contribution in [3.05, 3.63) is 0 Å². The zero-order valence-electron chi connectivity index (χ0n) is 8.71. The number of hydrogen-bond acceptors (Lipinski definition) is 3. The van der Waals surface area contributed by atoms with Gasteiger partial charge in [-0.15, -0.1) is 0 Å². The minimum Gasteiger partial charge on any atom is -0.340 e. The van der Waals surface area contributed by atoms with Crippen LogP contribution in [-0.2, 0) is 4.79 Å². The lowest BCUT2D eigenvalue weighted by molar-refractivity contribution is -0.128. The molecule has 1 fully saturated rings. The quantitative estimate of drug-likeness (QED) is 0.627. The summed E-state index contributed by atoms with van der Waals surface area (Å²) >= 11 is 0. The summed E-state index contributed by atoms with van der Waals surface area (Å²) in [6, 6.07) is 0.493. The molecule has 0 aromatic rings. The molecule has 0 radical (unpaired) electrons. The maximum absolute atomic E-state index is 11.1. The molecule has 0 aromatic carbocycles. The van der Waals surface area contributed by atoms with Gasteiger partial charge < -0.3 is 4.90 Å². The van der Waals surface area contributed by atoms with Gasteiger partial charge in [0.1, 0.15) is 0 Å². The summed E-state index contributed by atoms with van der Waals surface area (Å²) in [7, 11) is 0. The number of hydrogen-bond donors (Lipinski definition) is 1. The Morgan fingerprint density at radius 1 is 1.31 bits per heavy atom. The van der Waals surface area contributed by atoms with Crippen molar-refractivity contribution in [2.24, 2.45) is 0 Å². The SMILES string of the molecule is CC(=O)N1CCNN(C(C)C)CC1.